The van der Waals surface area contributed by atoms with Crippen molar-refractivity contribution in [3.05, 3.63) is 54.1 Å². The van der Waals surface area contributed by atoms with Gasteiger partial charge in [-0.2, -0.15) is 0 Å². The normalized spacial score (nSPS) is 9.92. The highest BCUT2D eigenvalue weighted by Gasteiger charge is 2.11. The first-order chi connectivity index (χ1) is 11.6. The standard InChI is InChI=1S/C18H19NO5/c1-22-14-7-5-6-13(10-14)11-18(21)24-12-17(20)19-15-8-3-4-9-16(15)23-2/h3-10H,11-12H2,1-2H3,(H,19,20). The largest absolute Gasteiger partial charge is 0.497 e. The van der Waals surface area contributed by atoms with Crippen LogP contribution in [0.4, 0.5) is 5.69 Å². The van der Waals surface area contributed by atoms with Crippen molar-refractivity contribution in [3.8, 4) is 11.5 Å². The lowest BCUT2D eigenvalue weighted by molar-refractivity contribution is -0.146. The smallest absolute Gasteiger partial charge is 0.310 e. The number of nitrogens with one attached hydrogen (secondary N) is 1. The maximum Gasteiger partial charge on any atom is 0.310 e. The number of rotatable bonds is 7. The molecular weight excluding hydrogens is 310 g/mol. The van der Waals surface area contributed by atoms with E-state index < -0.39 is 11.9 Å². The number of methoxy groups -OCH3 is 2. The van der Waals surface area contributed by atoms with Crippen LogP contribution >= 0.6 is 0 Å². The van der Waals surface area contributed by atoms with Crippen LogP contribution in [0.3, 0.4) is 0 Å². The molecule has 2 aromatic carbocycles. The van der Waals surface area contributed by atoms with Crippen LogP contribution in [-0.2, 0) is 20.7 Å². The number of para-hydroxylation sites is 2. The van der Waals surface area contributed by atoms with Gasteiger partial charge in [-0.3, -0.25) is 9.59 Å². The molecule has 0 aliphatic rings. The Labute approximate surface area is 140 Å². The number of amides is 1. The van der Waals surface area contributed by atoms with Crippen molar-refractivity contribution >= 4 is 17.6 Å². The van der Waals surface area contributed by atoms with E-state index in [1.54, 1.807) is 55.6 Å². The SMILES string of the molecule is COc1cccc(CC(=O)OCC(=O)Nc2ccccc2OC)c1. The fourth-order valence-corrected chi connectivity index (χ4v) is 2.08. The maximum atomic E-state index is 11.9. The van der Waals surface area contributed by atoms with E-state index in [0.717, 1.165) is 5.56 Å². The minimum atomic E-state index is -0.488. The van der Waals surface area contributed by atoms with Gasteiger partial charge < -0.3 is 19.5 Å². The van der Waals surface area contributed by atoms with Gasteiger partial charge in [-0.25, -0.2) is 0 Å². The van der Waals surface area contributed by atoms with Gasteiger partial charge in [0.1, 0.15) is 11.5 Å². The average Bonchev–Trinajstić information content (AvgIpc) is 2.60. The van der Waals surface area contributed by atoms with Crippen LogP contribution in [0.1, 0.15) is 5.56 Å². The van der Waals surface area contributed by atoms with Gasteiger partial charge >= 0.3 is 5.97 Å². The van der Waals surface area contributed by atoms with E-state index in [1.165, 1.54) is 7.11 Å². The molecule has 0 fully saturated rings. The lowest BCUT2D eigenvalue weighted by Gasteiger charge is -2.10. The molecular formula is C18H19NO5. The van der Waals surface area contributed by atoms with E-state index in [-0.39, 0.29) is 13.0 Å². The van der Waals surface area contributed by atoms with Gasteiger partial charge in [0.2, 0.25) is 0 Å². The summed E-state index contributed by atoms with van der Waals surface area (Å²) in [6, 6.07) is 14.1. The van der Waals surface area contributed by atoms with Crippen molar-refractivity contribution in [1.29, 1.82) is 0 Å². The van der Waals surface area contributed by atoms with E-state index in [2.05, 4.69) is 5.32 Å². The molecule has 0 aliphatic carbocycles. The second-order valence-electron chi connectivity index (χ2n) is 4.94. The molecule has 0 radical (unpaired) electrons. The Morgan fingerprint density at radius 1 is 1.00 bits per heavy atom. The van der Waals surface area contributed by atoms with Crippen molar-refractivity contribution in [1.82, 2.24) is 0 Å². The highest BCUT2D eigenvalue weighted by atomic mass is 16.5. The molecule has 2 aromatic rings. The summed E-state index contributed by atoms with van der Waals surface area (Å²) < 4.78 is 15.2. The van der Waals surface area contributed by atoms with Gasteiger partial charge in [0.15, 0.2) is 6.61 Å². The third kappa shape index (κ3) is 5.01. The van der Waals surface area contributed by atoms with Crippen LogP contribution in [-0.4, -0.2) is 32.7 Å². The number of carbonyl (C=O) groups excluding carboxylic acids is 2. The molecule has 2 rings (SSSR count). The number of benzene rings is 2. The zero-order valence-corrected chi connectivity index (χ0v) is 13.6. The maximum absolute atomic E-state index is 11.9. The highest BCUT2D eigenvalue weighted by molar-refractivity contribution is 5.94. The molecule has 0 heterocycles. The van der Waals surface area contributed by atoms with Gasteiger partial charge in [0.25, 0.3) is 5.91 Å². The molecule has 0 aliphatic heterocycles. The molecule has 0 unspecified atom stereocenters. The van der Waals surface area contributed by atoms with Gasteiger partial charge in [-0.05, 0) is 29.8 Å². The second kappa shape index (κ2) is 8.57. The van der Waals surface area contributed by atoms with Gasteiger partial charge in [-0.15, -0.1) is 0 Å². The van der Waals surface area contributed by atoms with Crippen molar-refractivity contribution < 1.29 is 23.8 Å². The Bertz CT molecular complexity index is 714. The number of hydrogen-bond acceptors (Lipinski definition) is 5. The number of esters is 1. The van der Waals surface area contributed by atoms with Crippen LogP contribution in [0.15, 0.2) is 48.5 Å². The Balaban J connectivity index is 1.83. The molecule has 0 saturated heterocycles. The number of ether oxygens (including phenoxy) is 3. The first kappa shape index (κ1) is 17.3. The van der Waals surface area contributed by atoms with Crippen molar-refractivity contribution in [2.24, 2.45) is 0 Å². The van der Waals surface area contributed by atoms with E-state index in [0.29, 0.717) is 17.2 Å². The van der Waals surface area contributed by atoms with Crippen molar-refractivity contribution in [3.63, 3.8) is 0 Å². The van der Waals surface area contributed by atoms with Crippen LogP contribution in [0.2, 0.25) is 0 Å². The van der Waals surface area contributed by atoms with Crippen LogP contribution in [0.25, 0.3) is 0 Å². The van der Waals surface area contributed by atoms with Crippen molar-refractivity contribution in [2.75, 3.05) is 26.1 Å². The minimum Gasteiger partial charge on any atom is -0.497 e. The summed E-state index contributed by atoms with van der Waals surface area (Å²) in [6.07, 6.45) is 0.0686. The van der Waals surface area contributed by atoms with Crippen LogP contribution in [0, 0.1) is 0 Å². The zero-order valence-electron chi connectivity index (χ0n) is 13.6. The third-order valence-electron chi connectivity index (χ3n) is 3.23. The van der Waals surface area contributed by atoms with E-state index in [4.69, 9.17) is 14.2 Å². The quantitative estimate of drug-likeness (QED) is 0.790. The van der Waals surface area contributed by atoms with Gasteiger partial charge in [-0.1, -0.05) is 24.3 Å². The van der Waals surface area contributed by atoms with E-state index >= 15 is 0 Å². The predicted molar refractivity (Wildman–Crippen MR) is 89.3 cm³/mol. The average molecular weight is 329 g/mol. The molecule has 6 nitrogen and oxygen atoms in total. The zero-order chi connectivity index (χ0) is 17.4. The lowest BCUT2D eigenvalue weighted by Crippen LogP contribution is -2.21. The molecule has 1 N–H and O–H groups in total. The number of hydrogen-bond donors (Lipinski definition) is 1. The summed E-state index contributed by atoms with van der Waals surface area (Å²) in [7, 11) is 3.07. The number of anilines is 1. The van der Waals surface area contributed by atoms with Crippen LogP contribution < -0.4 is 14.8 Å². The summed E-state index contributed by atoms with van der Waals surface area (Å²) in [5.74, 6) is 0.277. The van der Waals surface area contributed by atoms with Gasteiger partial charge in [0.05, 0.1) is 26.3 Å². The summed E-state index contributed by atoms with van der Waals surface area (Å²) in [5, 5.41) is 2.64. The first-order valence-electron chi connectivity index (χ1n) is 7.34. The van der Waals surface area contributed by atoms with Crippen LogP contribution in [0.5, 0.6) is 11.5 Å². The van der Waals surface area contributed by atoms with Crippen molar-refractivity contribution in [2.45, 2.75) is 6.42 Å². The number of carbonyl (C=O) groups is 2. The molecule has 24 heavy (non-hydrogen) atoms. The van der Waals surface area contributed by atoms with E-state index in [1.807, 2.05) is 0 Å². The molecule has 0 spiro atoms. The topological polar surface area (TPSA) is 73.9 Å². The Morgan fingerprint density at radius 3 is 2.54 bits per heavy atom. The summed E-state index contributed by atoms with van der Waals surface area (Å²) in [6.45, 7) is -0.360. The highest BCUT2D eigenvalue weighted by Crippen LogP contribution is 2.22. The molecule has 0 aromatic heterocycles. The Kier molecular flexibility index (Phi) is 6.19. The van der Waals surface area contributed by atoms with Gasteiger partial charge in [0, 0.05) is 0 Å². The fraction of sp³-hybridized carbons (Fsp3) is 0.222. The molecule has 6 heteroatoms. The summed E-state index contributed by atoms with van der Waals surface area (Å²) >= 11 is 0. The lowest BCUT2D eigenvalue weighted by atomic mass is 10.1. The predicted octanol–water partition coefficient (Wildman–Crippen LogP) is 2.43. The minimum absolute atomic E-state index is 0.0686. The molecule has 1 amide bonds. The summed E-state index contributed by atoms with van der Waals surface area (Å²) in [4.78, 5) is 23.7. The van der Waals surface area contributed by atoms with E-state index in [9.17, 15) is 9.59 Å². The Hall–Kier alpha value is -3.02. The molecule has 0 bridgehead atoms. The summed E-state index contributed by atoms with van der Waals surface area (Å²) in [5.41, 5.74) is 1.28. The third-order valence-corrected chi connectivity index (χ3v) is 3.23. The fourth-order valence-electron chi connectivity index (χ4n) is 2.08. The Morgan fingerprint density at radius 2 is 1.79 bits per heavy atom. The first-order valence-corrected chi connectivity index (χ1v) is 7.34. The monoisotopic (exact) mass is 329 g/mol. The molecule has 126 valence electrons. The molecule has 0 saturated carbocycles. The second-order valence-corrected chi connectivity index (χ2v) is 4.94. The molecule has 0 atom stereocenters.